The van der Waals surface area contributed by atoms with Crippen LogP contribution in [-0.2, 0) is 42.7 Å². The summed E-state index contributed by atoms with van der Waals surface area (Å²) in [4.78, 5) is 23.9. The van der Waals surface area contributed by atoms with E-state index in [1.807, 2.05) is 30.3 Å². The molecule has 0 aromatic heterocycles. The van der Waals surface area contributed by atoms with E-state index in [-0.39, 0.29) is 25.0 Å². The molecule has 2 amide bonds. The number of hydrogen-bond donors (Lipinski definition) is 0. The van der Waals surface area contributed by atoms with Gasteiger partial charge in [0, 0.05) is 12.2 Å². The maximum Gasteiger partial charge on any atom is 0.253 e. The molecular weight excluding hydrogens is 486 g/mol. The summed E-state index contributed by atoms with van der Waals surface area (Å²) in [6, 6.07) is 9.63. The van der Waals surface area contributed by atoms with Gasteiger partial charge in [0.15, 0.2) is 0 Å². The summed E-state index contributed by atoms with van der Waals surface area (Å²) in [5.41, 5.74) is 0. The van der Waals surface area contributed by atoms with Crippen LogP contribution in [0.5, 0.6) is 5.75 Å². The Hall–Kier alpha value is -2.38. The van der Waals surface area contributed by atoms with E-state index in [1.54, 1.807) is 0 Å². The summed E-state index contributed by atoms with van der Waals surface area (Å²) >= 11 is 0. The highest BCUT2D eigenvalue weighted by molar-refractivity contribution is 6.12. The van der Waals surface area contributed by atoms with Gasteiger partial charge in [-0.05, 0) is 12.1 Å². The van der Waals surface area contributed by atoms with Crippen LogP contribution in [0, 0.1) is 0 Å². The van der Waals surface area contributed by atoms with E-state index in [0.717, 1.165) is 10.6 Å². The third-order valence-corrected chi connectivity index (χ3v) is 4.83. The fourth-order valence-electron chi connectivity index (χ4n) is 2.96. The Bertz CT molecular complexity index is 728. The molecule has 2 rings (SSSR count). The Balaban J connectivity index is 1.18. The van der Waals surface area contributed by atoms with Crippen molar-refractivity contribution in [1.82, 2.24) is 4.90 Å². The van der Waals surface area contributed by atoms with E-state index in [2.05, 4.69) is 0 Å². The van der Waals surface area contributed by atoms with Gasteiger partial charge in [0.2, 0.25) is 0 Å². The van der Waals surface area contributed by atoms with Crippen molar-refractivity contribution in [2.45, 2.75) is 0 Å². The van der Waals surface area contributed by atoms with Gasteiger partial charge >= 0.3 is 0 Å². The molecule has 208 valence electrons. The first-order chi connectivity index (χ1) is 18.3. The van der Waals surface area contributed by atoms with Crippen LogP contribution in [0.2, 0.25) is 0 Å². The van der Waals surface area contributed by atoms with Crippen molar-refractivity contribution in [2.75, 3.05) is 106 Å². The van der Waals surface area contributed by atoms with E-state index in [9.17, 15) is 9.59 Å². The molecule has 0 unspecified atom stereocenters. The van der Waals surface area contributed by atoms with Gasteiger partial charge in [-0.3, -0.25) is 14.5 Å². The maximum absolute atomic E-state index is 11.4. The minimum atomic E-state index is -0.303. The van der Waals surface area contributed by atoms with Crippen molar-refractivity contribution >= 4 is 11.8 Å². The van der Waals surface area contributed by atoms with Crippen molar-refractivity contribution in [3.8, 4) is 5.75 Å². The molecular formula is C26H39NO10. The average molecular weight is 526 g/mol. The highest BCUT2D eigenvalue weighted by Crippen LogP contribution is 2.07. The second-order valence-corrected chi connectivity index (χ2v) is 7.61. The lowest BCUT2D eigenvalue weighted by Crippen LogP contribution is -2.33. The van der Waals surface area contributed by atoms with Gasteiger partial charge < -0.3 is 37.9 Å². The second-order valence-electron chi connectivity index (χ2n) is 7.61. The number of carbonyl (C=O) groups excluding carboxylic acids is 2. The van der Waals surface area contributed by atoms with Gasteiger partial charge in [-0.2, -0.15) is 0 Å². The van der Waals surface area contributed by atoms with Crippen LogP contribution in [0.3, 0.4) is 0 Å². The number of benzene rings is 1. The zero-order chi connectivity index (χ0) is 26.2. The number of nitrogens with zero attached hydrogens (tertiary/aromatic N) is 1. The van der Waals surface area contributed by atoms with Crippen molar-refractivity contribution in [3.63, 3.8) is 0 Å². The highest BCUT2D eigenvalue weighted by Gasteiger charge is 2.22. The molecule has 0 bridgehead atoms. The predicted molar refractivity (Wildman–Crippen MR) is 134 cm³/mol. The van der Waals surface area contributed by atoms with Gasteiger partial charge in [0.25, 0.3) is 11.8 Å². The number of hydrogen-bond acceptors (Lipinski definition) is 10. The van der Waals surface area contributed by atoms with Crippen LogP contribution < -0.4 is 4.74 Å². The highest BCUT2D eigenvalue weighted by atomic mass is 16.6. The molecule has 0 fully saturated rings. The molecule has 0 spiro atoms. The number of imide groups is 1. The molecule has 0 radical (unpaired) electrons. The largest absolute Gasteiger partial charge is 0.491 e. The van der Waals surface area contributed by atoms with E-state index in [0.29, 0.717) is 92.5 Å². The lowest BCUT2D eigenvalue weighted by Gasteiger charge is -2.13. The Morgan fingerprint density at radius 3 is 1.22 bits per heavy atom. The number of para-hydroxylation sites is 1. The predicted octanol–water partition coefficient (Wildman–Crippen LogP) is 1.11. The third-order valence-electron chi connectivity index (χ3n) is 4.83. The second kappa shape index (κ2) is 21.7. The Kier molecular flexibility index (Phi) is 18.1. The number of rotatable bonds is 25. The molecule has 11 heteroatoms. The monoisotopic (exact) mass is 525 g/mol. The average Bonchev–Trinajstić information content (AvgIpc) is 3.24. The molecule has 0 aliphatic carbocycles. The Morgan fingerprint density at radius 2 is 0.811 bits per heavy atom. The molecule has 0 saturated heterocycles. The topological polar surface area (TPSA) is 111 Å². The molecule has 0 N–H and O–H groups in total. The van der Waals surface area contributed by atoms with E-state index < -0.39 is 0 Å². The smallest absolute Gasteiger partial charge is 0.253 e. The van der Waals surface area contributed by atoms with Crippen molar-refractivity contribution in [3.05, 3.63) is 42.5 Å². The molecule has 0 saturated carbocycles. The zero-order valence-electron chi connectivity index (χ0n) is 21.4. The summed E-state index contributed by atoms with van der Waals surface area (Å²) in [7, 11) is 0. The molecule has 1 aromatic rings. The summed E-state index contributed by atoms with van der Waals surface area (Å²) < 4.78 is 43.5. The van der Waals surface area contributed by atoms with Gasteiger partial charge in [-0.1, -0.05) is 18.2 Å². The number of amides is 2. The molecule has 11 nitrogen and oxygen atoms in total. The maximum atomic E-state index is 11.4. The van der Waals surface area contributed by atoms with Crippen LogP contribution >= 0.6 is 0 Å². The van der Waals surface area contributed by atoms with E-state index in [4.69, 9.17) is 37.9 Å². The minimum absolute atomic E-state index is 0.245. The fraction of sp³-hybridized carbons (Fsp3) is 0.615. The van der Waals surface area contributed by atoms with Crippen LogP contribution in [0.4, 0.5) is 0 Å². The fourth-order valence-corrected chi connectivity index (χ4v) is 2.96. The first-order valence-electron chi connectivity index (χ1n) is 12.5. The van der Waals surface area contributed by atoms with Crippen LogP contribution in [0.1, 0.15) is 0 Å². The van der Waals surface area contributed by atoms with Crippen LogP contribution in [0.25, 0.3) is 0 Å². The molecule has 1 aromatic carbocycles. The Morgan fingerprint density at radius 1 is 0.459 bits per heavy atom. The van der Waals surface area contributed by atoms with Crippen molar-refractivity contribution < 1.29 is 47.5 Å². The summed E-state index contributed by atoms with van der Waals surface area (Å²) in [5, 5.41) is 0. The summed E-state index contributed by atoms with van der Waals surface area (Å²) in [6.07, 6.45) is 2.51. The van der Waals surface area contributed by atoms with Gasteiger partial charge in [0.05, 0.1) is 99.0 Å². The SMILES string of the molecule is O=C1C=CC(=O)N1CCOCCOCCOCCOCCOCCOCCOCCOc1ccccc1. The van der Waals surface area contributed by atoms with Crippen molar-refractivity contribution in [1.29, 1.82) is 0 Å². The number of carbonyl (C=O) groups is 2. The first-order valence-corrected chi connectivity index (χ1v) is 12.5. The van der Waals surface area contributed by atoms with Gasteiger partial charge in [-0.15, -0.1) is 0 Å². The first kappa shape index (κ1) is 30.8. The quantitative estimate of drug-likeness (QED) is 0.136. The molecule has 1 aliphatic rings. The zero-order valence-corrected chi connectivity index (χ0v) is 21.4. The van der Waals surface area contributed by atoms with Gasteiger partial charge in [0.1, 0.15) is 12.4 Å². The lowest BCUT2D eigenvalue weighted by atomic mass is 10.3. The standard InChI is InChI=1S/C26H39NO10/c28-25-6-7-26(29)27(25)8-9-30-10-11-31-12-13-32-14-15-33-16-17-34-18-19-35-20-21-36-22-23-37-24-4-2-1-3-5-24/h1-7H,8-23H2. The normalized spacial score (nSPS) is 13.1. The van der Waals surface area contributed by atoms with E-state index >= 15 is 0 Å². The molecule has 1 aliphatic heterocycles. The molecule has 1 heterocycles. The van der Waals surface area contributed by atoms with Crippen LogP contribution in [0.15, 0.2) is 42.5 Å². The summed E-state index contributed by atoms with van der Waals surface area (Å²) in [5.74, 6) is 0.232. The lowest BCUT2D eigenvalue weighted by molar-refractivity contribution is -0.137. The summed E-state index contributed by atoms with van der Waals surface area (Å²) in [6.45, 7) is 7.26. The molecule has 0 atom stereocenters. The number of ether oxygens (including phenoxy) is 8. The third kappa shape index (κ3) is 16.2. The van der Waals surface area contributed by atoms with E-state index in [1.165, 1.54) is 12.2 Å². The molecule has 37 heavy (non-hydrogen) atoms. The van der Waals surface area contributed by atoms with Crippen LogP contribution in [-0.4, -0.2) is 122 Å². The Labute approximate surface area is 218 Å². The van der Waals surface area contributed by atoms with Crippen molar-refractivity contribution in [2.24, 2.45) is 0 Å². The van der Waals surface area contributed by atoms with Gasteiger partial charge in [-0.25, -0.2) is 0 Å². The minimum Gasteiger partial charge on any atom is -0.491 e.